The van der Waals surface area contributed by atoms with E-state index < -0.39 is 0 Å². The number of hydrogen-bond acceptors (Lipinski definition) is 4. The first-order valence-corrected chi connectivity index (χ1v) is 7.32. The molecule has 0 amide bonds. The maximum Gasteiger partial charge on any atom is 0.495 e. The molecule has 1 aromatic heterocycles. The van der Waals surface area contributed by atoms with Crippen molar-refractivity contribution in [2.75, 3.05) is 13.1 Å². The Morgan fingerprint density at radius 2 is 1.75 bits per heavy atom. The van der Waals surface area contributed by atoms with Gasteiger partial charge in [0.05, 0.1) is 11.2 Å². The quantitative estimate of drug-likeness (QED) is 0.827. The number of hydrogen-bond donors (Lipinski definition) is 1. The van der Waals surface area contributed by atoms with Crippen LogP contribution in [0.25, 0.3) is 0 Å². The van der Waals surface area contributed by atoms with E-state index in [0.717, 1.165) is 18.7 Å². The van der Waals surface area contributed by atoms with Gasteiger partial charge in [0.25, 0.3) is 0 Å². The molecule has 4 nitrogen and oxygen atoms in total. The van der Waals surface area contributed by atoms with Gasteiger partial charge in [-0.2, -0.15) is 0 Å². The van der Waals surface area contributed by atoms with E-state index in [9.17, 15) is 0 Å². The number of nitrogens with one attached hydrogen (secondary N) is 1. The SMILES string of the molecule is Cc1cncc(C2CNC2)c1B1OC(C)(C)C(C)(C)O1. The van der Waals surface area contributed by atoms with Crippen molar-refractivity contribution < 1.29 is 9.31 Å². The van der Waals surface area contributed by atoms with E-state index in [1.807, 2.05) is 12.4 Å². The van der Waals surface area contributed by atoms with Crippen molar-refractivity contribution in [3.63, 3.8) is 0 Å². The molecule has 5 heteroatoms. The van der Waals surface area contributed by atoms with Gasteiger partial charge in [-0.25, -0.2) is 0 Å². The van der Waals surface area contributed by atoms with Crippen molar-refractivity contribution in [3.05, 3.63) is 23.5 Å². The summed E-state index contributed by atoms with van der Waals surface area (Å²) in [6.45, 7) is 12.5. The monoisotopic (exact) mass is 274 g/mol. The van der Waals surface area contributed by atoms with Crippen LogP contribution in [0.15, 0.2) is 12.4 Å². The summed E-state index contributed by atoms with van der Waals surface area (Å²) in [4.78, 5) is 4.35. The van der Waals surface area contributed by atoms with Crippen molar-refractivity contribution in [1.29, 1.82) is 0 Å². The van der Waals surface area contributed by atoms with Crippen LogP contribution in [0.4, 0.5) is 0 Å². The van der Waals surface area contributed by atoms with Crippen molar-refractivity contribution in [2.45, 2.75) is 51.7 Å². The normalized spacial score (nSPS) is 24.8. The Labute approximate surface area is 121 Å². The second-order valence-corrected chi connectivity index (χ2v) is 6.90. The molecule has 0 spiro atoms. The molecular formula is C15H23BN2O2. The standard InChI is InChI=1S/C15H23BN2O2/c1-10-6-17-9-12(11-7-18-8-11)13(10)16-19-14(2,3)15(4,5)20-16/h6,9,11,18H,7-8H2,1-5H3. The summed E-state index contributed by atoms with van der Waals surface area (Å²) in [5, 5.41) is 3.32. The molecule has 2 aliphatic rings. The van der Waals surface area contributed by atoms with Crippen molar-refractivity contribution in [3.8, 4) is 0 Å². The first-order chi connectivity index (χ1) is 9.32. The van der Waals surface area contributed by atoms with Gasteiger partial charge in [-0.05, 0) is 51.2 Å². The van der Waals surface area contributed by atoms with Gasteiger partial charge in [-0.3, -0.25) is 4.98 Å². The highest BCUT2D eigenvalue weighted by atomic mass is 16.7. The molecule has 20 heavy (non-hydrogen) atoms. The second kappa shape index (κ2) is 4.55. The van der Waals surface area contributed by atoms with E-state index >= 15 is 0 Å². The average molecular weight is 274 g/mol. The summed E-state index contributed by atoms with van der Waals surface area (Å²) < 4.78 is 12.4. The molecule has 2 aliphatic heterocycles. The minimum Gasteiger partial charge on any atom is -0.399 e. The van der Waals surface area contributed by atoms with E-state index in [1.165, 1.54) is 11.0 Å². The van der Waals surface area contributed by atoms with E-state index in [2.05, 4.69) is 44.9 Å². The Morgan fingerprint density at radius 1 is 1.15 bits per heavy atom. The number of pyridine rings is 1. The highest BCUT2D eigenvalue weighted by molar-refractivity contribution is 6.63. The summed E-state index contributed by atoms with van der Waals surface area (Å²) in [6.07, 6.45) is 3.87. The minimum absolute atomic E-state index is 0.293. The number of aryl methyl sites for hydroxylation is 1. The highest BCUT2D eigenvalue weighted by Crippen LogP contribution is 2.37. The summed E-state index contributed by atoms with van der Waals surface area (Å²) in [5.41, 5.74) is 2.98. The molecular weight excluding hydrogens is 251 g/mol. The summed E-state index contributed by atoms with van der Waals surface area (Å²) in [5.74, 6) is 0.524. The van der Waals surface area contributed by atoms with Crippen LogP contribution < -0.4 is 10.8 Å². The molecule has 0 atom stereocenters. The number of rotatable bonds is 2. The van der Waals surface area contributed by atoms with Crippen LogP contribution in [0.3, 0.4) is 0 Å². The molecule has 0 aromatic carbocycles. The third-order valence-corrected chi connectivity index (χ3v) is 4.93. The summed E-state index contributed by atoms with van der Waals surface area (Å²) >= 11 is 0. The fourth-order valence-electron chi connectivity index (χ4n) is 2.71. The molecule has 2 saturated heterocycles. The van der Waals surface area contributed by atoms with Gasteiger partial charge >= 0.3 is 7.12 Å². The van der Waals surface area contributed by atoms with E-state index in [4.69, 9.17) is 9.31 Å². The molecule has 3 rings (SSSR count). The molecule has 0 radical (unpaired) electrons. The van der Waals surface area contributed by atoms with Crippen molar-refractivity contribution >= 4 is 12.6 Å². The Hall–Kier alpha value is -0.905. The lowest BCUT2D eigenvalue weighted by Gasteiger charge is -2.32. The minimum atomic E-state index is -0.303. The predicted molar refractivity (Wildman–Crippen MR) is 80.3 cm³/mol. The molecule has 2 fully saturated rings. The van der Waals surface area contributed by atoms with Crippen LogP contribution in [-0.4, -0.2) is 36.4 Å². The van der Waals surface area contributed by atoms with Crippen LogP contribution in [0.2, 0.25) is 0 Å². The maximum atomic E-state index is 6.22. The molecule has 0 bridgehead atoms. The average Bonchev–Trinajstić information content (AvgIpc) is 2.45. The topological polar surface area (TPSA) is 43.4 Å². The molecule has 108 valence electrons. The van der Waals surface area contributed by atoms with Crippen LogP contribution in [-0.2, 0) is 9.31 Å². The zero-order valence-electron chi connectivity index (χ0n) is 13.0. The van der Waals surface area contributed by atoms with Crippen LogP contribution >= 0.6 is 0 Å². The third kappa shape index (κ3) is 2.08. The fourth-order valence-corrected chi connectivity index (χ4v) is 2.71. The smallest absolute Gasteiger partial charge is 0.399 e. The van der Waals surface area contributed by atoms with Gasteiger partial charge in [0.15, 0.2) is 0 Å². The van der Waals surface area contributed by atoms with E-state index in [-0.39, 0.29) is 18.3 Å². The largest absolute Gasteiger partial charge is 0.495 e. The lowest BCUT2D eigenvalue weighted by molar-refractivity contribution is 0.00578. The Bertz CT molecular complexity index is 511. The zero-order valence-corrected chi connectivity index (χ0v) is 13.0. The number of aromatic nitrogens is 1. The zero-order chi connectivity index (χ0) is 14.5. The number of nitrogens with zero attached hydrogens (tertiary/aromatic N) is 1. The lowest BCUT2D eigenvalue weighted by Crippen LogP contribution is -2.46. The molecule has 3 heterocycles. The molecule has 1 aromatic rings. The summed E-state index contributed by atoms with van der Waals surface area (Å²) in [6, 6.07) is 0. The maximum absolute atomic E-state index is 6.22. The summed E-state index contributed by atoms with van der Waals surface area (Å²) in [7, 11) is -0.293. The fraction of sp³-hybridized carbons (Fsp3) is 0.667. The van der Waals surface area contributed by atoms with Gasteiger partial charge in [-0.1, -0.05) is 0 Å². The molecule has 0 unspecified atom stereocenters. The van der Waals surface area contributed by atoms with Gasteiger partial charge in [0, 0.05) is 31.4 Å². The van der Waals surface area contributed by atoms with Crippen LogP contribution in [0.5, 0.6) is 0 Å². The lowest BCUT2D eigenvalue weighted by atomic mass is 9.70. The van der Waals surface area contributed by atoms with Gasteiger partial charge in [0.2, 0.25) is 0 Å². The first kappa shape index (κ1) is 14.0. The van der Waals surface area contributed by atoms with Crippen LogP contribution in [0.1, 0.15) is 44.7 Å². The highest BCUT2D eigenvalue weighted by Gasteiger charge is 2.53. The molecule has 0 aliphatic carbocycles. The van der Waals surface area contributed by atoms with Gasteiger partial charge in [-0.15, -0.1) is 0 Å². The van der Waals surface area contributed by atoms with E-state index in [1.54, 1.807) is 0 Å². The van der Waals surface area contributed by atoms with Crippen molar-refractivity contribution in [1.82, 2.24) is 10.3 Å². The Balaban J connectivity index is 1.99. The Kier molecular flexibility index (Phi) is 3.20. The predicted octanol–water partition coefficient (Wildman–Crippen LogP) is 1.38. The molecule has 1 N–H and O–H groups in total. The van der Waals surface area contributed by atoms with Crippen LogP contribution in [0, 0.1) is 6.92 Å². The molecule has 0 saturated carbocycles. The van der Waals surface area contributed by atoms with E-state index in [0.29, 0.717) is 5.92 Å². The second-order valence-electron chi connectivity index (χ2n) is 6.90. The van der Waals surface area contributed by atoms with Gasteiger partial charge in [0.1, 0.15) is 0 Å². The Morgan fingerprint density at radius 3 is 2.25 bits per heavy atom. The third-order valence-electron chi connectivity index (χ3n) is 4.93. The van der Waals surface area contributed by atoms with Crippen molar-refractivity contribution in [2.24, 2.45) is 0 Å². The first-order valence-electron chi connectivity index (χ1n) is 7.32. The van der Waals surface area contributed by atoms with Gasteiger partial charge < -0.3 is 14.6 Å².